The summed E-state index contributed by atoms with van der Waals surface area (Å²) in [6.07, 6.45) is 5.84. The first-order chi connectivity index (χ1) is 17.9. The summed E-state index contributed by atoms with van der Waals surface area (Å²) in [4.78, 5) is 14.8. The molecule has 0 amide bonds. The van der Waals surface area contributed by atoms with Gasteiger partial charge in [0.15, 0.2) is 5.82 Å². The monoisotopic (exact) mass is 526 g/mol. The van der Waals surface area contributed by atoms with Gasteiger partial charge < -0.3 is 20.3 Å². The molecule has 3 atom stereocenters. The van der Waals surface area contributed by atoms with Gasteiger partial charge >= 0.3 is 0 Å². The SMILES string of the molecule is CN(c1nc(Nc2cc(CO)[nH]n2)c2cc[nH]c2n1)C1C[C@H]2CCC[C@@H](C1)N2S(=O)(=O)N1CC(C#N)C1. The van der Waals surface area contributed by atoms with Crippen molar-refractivity contribution in [3.05, 3.63) is 24.0 Å². The van der Waals surface area contributed by atoms with Gasteiger partial charge in [0.05, 0.1) is 29.7 Å². The number of piperidine rings is 2. The fraction of sp³-hybridized carbons (Fsp3) is 0.565. The minimum absolute atomic E-state index is 0.0802. The number of aromatic amines is 2. The van der Waals surface area contributed by atoms with Crippen LogP contribution in [0.3, 0.4) is 0 Å². The van der Waals surface area contributed by atoms with E-state index in [0.717, 1.165) is 24.6 Å². The summed E-state index contributed by atoms with van der Waals surface area (Å²) in [6.45, 7) is 0.431. The van der Waals surface area contributed by atoms with Gasteiger partial charge in [0.1, 0.15) is 11.5 Å². The first kappa shape index (κ1) is 24.1. The zero-order valence-electron chi connectivity index (χ0n) is 20.5. The predicted octanol–water partition coefficient (Wildman–Crippen LogP) is 1.44. The molecule has 37 heavy (non-hydrogen) atoms. The number of fused-ring (bicyclic) bond motifs is 3. The molecule has 4 N–H and O–H groups in total. The van der Waals surface area contributed by atoms with E-state index in [1.807, 2.05) is 13.1 Å². The molecule has 14 heteroatoms. The van der Waals surface area contributed by atoms with Gasteiger partial charge in [0, 0.05) is 50.5 Å². The van der Waals surface area contributed by atoms with E-state index in [-0.39, 0.29) is 43.7 Å². The van der Waals surface area contributed by atoms with Crippen LogP contribution in [-0.2, 0) is 16.8 Å². The van der Waals surface area contributed by atoms with E-state index in [1.165, 1.54) is 4.31 Å². The molecule has 1 unspecified atom stereocenters. The third kappa shape index (κ3) is 4.21. The summed E-state index contributed by atoms with van der Waals surface area (Å²) in [5, 5.41) is 29.4. The predicted molar refractivity (Wildman–Crippen MR) is 136 cm³/mol. The summed E-state index contributed by atoms with van der Waals surface area (Å²) in [5.41, 5.74) is 1.27. The highest BCUT2D eigenvalue weighted by Gasteiger charge is 2.50. The van der Waals surface area contributed by atoms with E-state index in [4.69, 9.17) is 15.2 Å². The third-order valence-corrected chi connectivity index (χ3v) is 9.90. The van der Waals surface area contributed by atoms with Crippen molar-refractivity contribution < 1.29 is 13.5 Å². The Morgan fingerprint density at radius 2 is 2.03 bits per heavy atom. The number of hydrogen-bond donors (Lipinski definition) is 4. The average molecular weight is 527 g/mol. The number of nitriles is 1. The Morgan fingerprint density at radius 3 is 2.70 bits per heavy atom. The molecule has 6 heterocycles. The topological polar surface area (TPSA) is 170 Å². The molecule has 3 aromatic rings. The lowest BCUT2D eigenvalue weighted by atomic mass is 9.83. The van der Waals surface area contributed by atoms with Gasteiger partial charge in [-0.1, -0.05) is 6.42 Å². The van der Waals surface area contributed by atoms with Gasteiger partial charge in [-0.3, -0.25) is 5.10 Å². The molecule has 0 aliphatic carbocycles. The van der Waals surface area contributed by atoms with E-state index in [9.17, 15) is 13.5 Å². The highest BCUT2D eigenvalue weighted by molar-refractivity contribution is 7.86. The van der Waals surface area contributed by atoms with Gasteiger partial charge in [0.2, 0.25) is 5.95 Å². The maximum atomic E-state index is 13.4. The van der Waals surface area contributed by atoms with Crippen LogP contribution in [0.5, 0.6) is 0 Å². The molecule has 3 aliphatic rings. The molecule has 0 radical (unpaired) electrons. The second kappa shape index (κ2) is 9.25. The first-order valence-corrected chi connectivity index (χ1v) is 14.0. The van der Waals surface area contributed by atoms with E-state index < -0.39 is 10.2 Å². The molecule has 0 saturated carbocycles. The second-order valence-corrected chi connectivity index (χ2v) is 12.0. The van der Waals surface area contributed by atoms with Gasteiger partial charge in [-0.2, -0.15) is 37.4 Å². The molecule has 13 nitrogen and oxygen atoms in total. The van der Waals surface area contributed by atoms with E-state index in [2.05, 4.69) is 31.5 Å². The Morgan fingerprint density at radius 1 is 1.27 bits per heavy atom. The highest BCUT2D eigenvalue weighted by atomic mass is 32.2. The smallest absolute Gasteiger partial charge is 0.282 e. The molecule has 6 rings (SSSR count). The van der Waals surface area contributed by atoms with Crippen molar-refractivity contribution in [3.8, 4) is 6.07 Å². The zero-order chi connectivity index (χ0) is 25.7. The largest absolute Gasteiger partial charge is 0.390 e. The lowest BCUT2D eigenvalue weighted by Gasteiger charge is -2.51. The molecule has 3 saturated heterocycles. The molecule has 2 bridgehead atoms. The molecule has 3 aromatic heterocycles. The number of aromatic nitrogens is 5. The maximum absolute atomic E-state index is 13.4. The number of H-pyrrole nitrogens is 2. The van der Waals surface area contributed by atoms with Crippen molar-refractivity contribution in [1.82, 2.24) is 33.8 Å². The van der Waals surface area contributed by atoms with Crippen LogP contribution >= 0.6 is 0 Å². The number of hydrogen-bond acceptors (Lipinski definition) is 9. The van der Waals surface area contributed by atoms with E-state index >= 15 is 0 Å². The Labute approximate surface area is 214 Å². The normalized spacial score (nSPS) is 25.1. The Bertz CT molecular complexity index is 1430. The van der Waals surface area contributed by atoms with Crippen LogP contribution in [-0.4, -0.2) is 85.5 Å². The third-order valence-electron chi connectivity index (χ3n) is 7.82. The number of anilines is 3. The second-order valence-electron chi connectivity index (χ2n) is 10.1. The number of nitrogens with one attached hydrogen (secondary N) is 3. The average Bonchev–Trinajstić information content (AvgIpc) is 3.51. The van der Waals surface area contributed by atoms with Crippen LogP contribution in [0.15, 0.2) is 18.3 Å². The first-order valence-electron chi connectivity index (χ1n) is 12.6. The summed E-state index contributed by atoms with van der Waals surface area (Å²) in [7, 11) is -1.62. The van der Waals surface area contributed by atoms with Crippen molar-refractivity contribution in [2.75, 3.05) is 30.4 Å². The Balaban J connectivity index is 1.24. The van der Waals surface area contributed by atoms with Crippen LogP contribution in [0.25, 0.3) is 11.0 Å². The number of aliphatic hydroxyl groups is 1. The summed E-state index contributed by atoms with van der Waals surface area (Å²) in [6, 6.07) is 5.68. The highest BCUT2D eigenvalue weighted by Crippen LogP contribution is 2.40. The number of aliphatic hydroxyl groups excluding tert-OH is 1. The molecule has 196 valence electrons. The fourth-order valence-electron chi connectivity index (χ4n) is 5.82. The standard InChI is InChI=1S/C23H30N10O3S/c1-31(23-27-21-19(5-6-25-21)22(28-23)26-20-7-15(13-34)29-30-20)18-8-16-3-2-4-17(9-18)33(16)37(35,36)32-11-14(10-24)12-32/h5-7,14,16-18,34H,2-4,8-9,11-13H2,1H3,(H3,25,26,27,28,29,30)/t16-,17+,18?. The quantitative estimate of drug-likeness (QED) is 0.356. The molecular weight excluding hydrogens is 496 g/mol. The molecular formula is C23H30N10O3S. The van der Waals surface area contributed by atoms with Gasteiger partial charge in [0.25, 0.3) is 10.2 Å². The Hall–Kier alpha value is -3.25. The van der Waals surface area contributed by atoms with Crippen LogP contribution < -0.4 is 10.2 Å². The summed E-state index contributed by atoms with van der Waals surface area (Å²) < 4.78 is 30.0. The van der Waals surface area contributed by atoms with Crippen molar-refractivity contribution >= 4 is 38.8 Å². The molecule has 0 aromatic carbocycles. The maximum Gasteiger partial charge on any atom is 0.282 e. The van der Waals surface area contributed by atoms with Crippen LogP contribution in [0.2, 0.25) is 0 Å². The zero-order valence-corrected chi connectivity index (χ0v) is 21.3. The minimum Gasteiger partial charge on any atom is -0.390 e. The Kier molecular flexibility index (Phi) is 6.03. The van der Waals surface area contributed by atoms with E-state index in [1.54, 1.807) is 16.6 Å². The minimum atomic E-state index is -3.58. The molecule has 0 spiro atoms. The van der Waals surface area contributed by atoms with Crippen molar-refractivity contribution in [1.29, 1.82) is 5.26 Å². The number of rotatable bonds is 7. The van der Waals surface area contributed by atoms with Crippen molar-refractivity contribution in [2.24, 2.45) is 5.92 Å². The van der Waals surface area contributed by atoms with Crippen LogP contribution in [0.1, 0.15) is 37.8 Å². The van der Waals surface area contributed by atoms with Gasteiger partial charge in [-0.05, 0) is 31.7 Å². The van der Waals surface area contributed by atoms with E-state index in [0.29, 0.717) is 41.8 Å². The van der Waals surface area contributed by atoms with Crippen molar-refractivity contribution in [3.63, 3.8) is 0 Å². The van der Waals surface area contributed by atoms with Crippen LogP contribution in [0, 0.1) is 17.2 Å². The lowest BCUT2D eigenvalue weighted by Crippen LogP contribution is -2.64. The number of nitrogens with zero attached hydrogens (tertiary/aromatic N) is 7. The lowest BCUT2D eigenvalue weighted by molar-refractivity contribution is 0.0930. The van der Waals surface area contributed by atoms with Crippen molar-refractivity contribution in [2.45, 2.75) is 56.8 Å². The summed E-state index contributed by atoms with van der Waals surface area (Å²) in [5.74, 6) is 1.46. The van der Waals surface area contributed by atoms with Gasteiger partial charge in [-0.25, -0.2) is 0 Å². The molecule has 3 aliphatic heterocycles. The summed E-state index contributed by atoms with van der Waals surface area (Å²) >= 11 is 0. The molecule has 3 fully saturated rings. The fourth-order valence-corrected chi connectivity index (χ4v) is 7.96. The van der Waals surface area contributed by atoms with Crippen LogP contribution in [0.4, 0.5) is 17.6 Å². The van der Waals surface area contributed by atoms with Gasteiger partial charge in [-0.15, -0.1) is 0 Å².